The van der Waals surface area contributed by atoms with Gasteiger partial charge in [0.15, 0.2) is 23.0 Å². The summed E-state index contributed by atoms with van der Waals surface area (Å²) in [5.41, 5.74) is 2.33. The molecule has 0 bridgehead atoms. The highest BCUT2D eigenvalue weighted by Gasteiger charge is 2.37. The number of fused-ring (bicyclic) bond motifs is 1. The second-order valence-electron chi connectivity index (χ2n) is 8.40. The molecule has 3 aromatic carbocycles. The molecule has 0 unspecified atom stereocenters. The molecule has 1 N–H and O–H groups in total. The molecule has 11 heteroatoms. The van der Waals surface area contributed by atoms with E-state index in [1.807, 2.05) is 25.1 Å². The Morgan fingerprint density at radius 3 is 2.55 bits per heavy atom. The van der Waals surface area contributed by atoms with Crippen LogP contribution in [0.25, 0.3) is 6.08 Å². The third kappa shape index (κ3) is 4.99. The van der Waals surface area contributed by atoms with Crippen molar-refractivity contribution in [2.45, 2.75) is 13.5 Å². The number of ether oxygens (including phenoxy) is 4. The van der Waals surface area contributed by atoms with Gasteiger partial charge in [0.05, 0.1) is 17.3 Å². The second-order valence-corrected chi connectivity index (χ2v) is 10.1. The van der Waals surface area contributed by atoms with Crippen LogP contribution in [0.3, 0.4) is 0 Å². The molecule has 0 saturated carbocycles. The molecule has 2 aliphatic rings. The number of nitrogens with one attached hydrogen (secondary N) is 1. The third-order valence-electron chi connectivity index (χ3n) is 5.88. The normalized spacial score (nSPS) is 15.6. The minimum atomic E-state index is -0.815. The first-order valence-electron chi connectivity index (χ1n) is 11.3. The van der Waals surface area contributed by atoms with Gasteiger partial charge in [0.2, 0.25) is 6.79 Å². The van der Waals surface area contributed by atoms with Crippen molar-refractivity contribution < 1.29 is 33.3 Å². The lowest BCUT2D eigenvalue weighted by Crippen LogP contribution is -2.54. The zero-order valence-electron chi connectivity index (χ0n) is 20.2. The average molecular weight is 644 g/mol. The molecule has 3 aromatic rings. The predicted molar refractivity (Wildman–Crippen MR) is 145 cm³/mol. The Morgan fingerprint density at radius 2 is 1.79 bits per heavy atom. The third-order valence-corrected chi connectivity index (χ3v) is 7.36. The molecular formula is C27H20Br2N2O7. The molecule has 0 atom stereocenters. The van der Waals surface area contributed by atoms with Gasteiger partial charge in [-0.2, -0.15) is 0 Å². The van der Waals surface area contributed by atoms with Gasteiger partial charge in [0.25, 0.3) is 11.8 Å². The van der Waals surface area contributed by atoms with Gasteiger partial charge in [-0.05, 0) is 88.1 Å². The smallest absolute Gasteiger partial charge is 0.335 e. The minimum absolute atomic E-state index is 0.186. The molecule has 194 valence electrons. The van der Waals surface area contributed by atoms with Crippen LogP contribution in [0.4, 0.5) is 10.5 Å². The molecular weight excluding hydrogens is 624 g/mol. The van der Waals surface area contributed by atoms with Gasteiger partial charge < -0.3 is 18.9 Å². The lowest BCUT2D eigenvalue weighted by molar-refractivity contribution is -0.122. The number of carbonyl (C=O) groups excluding carboxylic acids is 3. The summed E-state index contributed by atoms with van der Waals surface area (Å²) >= 11 is 6.90. The van der Waals surface area contributed by atoms with Crippen molar-refractivity contribution in [2.75, 3.05) is 18.8 Å². The number of rotatable bonds is 6. The number of urea groups is 1. The zero-order valence-corrected chi connectivity index (χ0v) is 23.3. The molecule has 9 nitrogen and oxygen atoms in total. The Labute approximate surface area is 234 Å². The predicted octanol–water partition coefficient (Wildman–Crippen LogP) is 5.50. The standard InChI is InChI=1S/C27H20Br2N2O7/c1-14-7-17(4-5-19(14)28)31-26(33)18(25(32)30-27(31)34)8-16-9-20(29)24(23(11-16)35-2)36-12-15-3-6-21-22(10-15)38-13-37-21/h3-11H,12-13H2,1-2H3,(H,30,32,34)/b18-8+. The summed E-state index contributed by atoms with van der Waals surface area (Å²) in [4.78, 5) is 39.4. The summed E-state index contributed by atoms with van der Waals surface area (Å²) < 4.78 is 23.7. The summed E-state index contributed by atoms with van der Waals surface area (Å²) in [5.74, 6) is 0.630. The SMILES string of the molecule is COc1cc(/C=C2\C(=O)NC(=O)N(c3ccc(Br)c(C)c3)C2=O)cc(Br)c1OCc1ccc2c(c1)OCO2. The Morgan fingerprint density at radius 1 is 1.00 bits per heavy atom. The van der Waals surface area contributed by atoms with Crippen molar-refractivity contribution in [3.63, 3.8) is 0 Å². The van der Waals surface area contributed by atoms with E-state index in [0.29, 0.717) is 38.7 Å². The van der Waals surface area contributed by atoms with Gasteiger partial charge in [0.1, 0.15) is 12.2 Å². The minimum Gasteiger partial charge on any atom is -0.493 e. The van der Waals surface area contributed by atoms with Crippen LogP contribution in [0.1, 0.15) is 16.7 Å². The van der Waals surface area contributed by atoms with Crippen LogP contribution >= 0.6 is 31.9 Å². The van der Waals surface area contributed by atoms with Crippen molar-refractivity contribution in [1.82, 2.24) is 5.32 Å². The molecule has 2 heterocycles. The molecule has 38 heavy (non-hydrogen) atoms. The van der Waals surface area contributed by atoms with Gasteiger partial charge in [-0.25, -0.2) is 9.69 Å². The summed E-state index contributed by atoms with van der Waals surface area (Å²) in [7, 11) is 1.49. The highest BCUT2D eigenvalue weighted by Crippen LogP contribution is 2.39. The monoisotopic (exact) mass is 642 g/mol. The molecule has 0 aromatic heterocycles. The van der Waals surface area contributed by atoms with Gasteiger partial charge in [-0.3, -0.25) is 14.9 Å². The number of aryl methyl sites for hydroxylation is 1. The van der Waals surface area contributed by atoms with Crippen molar-refractivity contribution in [3.05, 3.63) is 79.7 Å². The van der Waals surface area contributed by atoms with Gasteiger partial charge in [-0.15, -0.1) is 0 Å². The van der Waals surface area contributed by atoms with Crippen molar-refractivity contribution in [2.24, 2.45) is 0 Å². The first-order chi connectivity index (χ1) is 18.2. The number of anilines is 1. The maximum Gasteiger partial charge on any atom is 0.335 e. The number of carbonyl (C=O) groups is 3. The number of hydrogen-bond donors (Lipinski definition) is 1. The van der Waals surface area contributed by atoms with Crippen LogP contribution in [-0.4, -0.2) is 31.7 Å². The topological polar surface area (TPSA) is 103 Å². The maximum absolute atomic E-state index is 13.3. The Hall–Kier alpha value is -3.83. The molecule has 0 spiro atoms. The van der Waals surface area contributed by atoms with Crippen LogP contribution in [0.5, 0.6) is 23.0 Å². The highest BCUT2D eigenvalue weighted by atomic mass is 79.9. The zero-order chi connectivity index (χ0) is 27.0. The Bertz CT molecular complexity index is 1520. The number of imide groups is 2. The number of benzene rings is 3. The van der Waals surface area contributed by atoms with E-state index in [4.69, 9.17) is 18.9 Å². The van der Waals surface area contributed by atoms with E-state index < -0.39 is 17.8 Å². The van der Waals surface area contributed by atoms with Gasteiger partial charge >= 0.3 is 6.03 Å². The van der Waals surface area contributed by atoms with Crippen LogP contribution in [0, 0.1) is 6.92 Å². The van der Waals surface area contributed by atoms with E-state index >= 15 is 0 Å². The first kappa shape index (κ1) is 25.8. The van der Waals surface area contributed by atoms with Crippen molar-refractivity contribution in [1.29, 1.82) is 0 Å². The quantitative estimate of drug-likeness (QED) is 0.279. The van der Waals surface area contributed by atoms with Crippen LogP contribution in [0.2, 0.25) is 0 Å². The largest absolute Gasteiger partial charge is 0.493 e. The molecule has 2 aliphatic heterocycles. The molecule has 5 rings (SSSR count). The van der Waals surface area contributed by atoms with E-state index in [1.165, 1.54) is 13.2 Å². The molecule has 0 radical (unpaired) electrons. The van der Waals surface area contributed by atoms with E-state index in [2.05, 4.69) is 37.2 Å². The second kappa shape index (κ2) is 10.5. The summed E-state index contributed by atoms with van der Waals surface area (Å²) in [6.45, 7) is 2.25. The number of hydrogen-bond acceptors (Lipinski definition) is 7. The van der Waals surface area contributed by atoms with E-state index in [-0.39, 0.29) is 19.0 Å². The molecule has 1 fully saturated rings. The Balaban J connectivity index is 1.41. The summed E-state index contributed by atoms with van der Waals surface area (Å²) in [6.07, 6.45) is 1.40. The fourth-order valence-electron chi connectivity index (χ4n) is 3.98. The Kier molecular flexibility index (Phi) is 7.13. The number of methoxy groups -OCH3 is 1. The van der Waals surface area contributed by atoms with Crippen LogP contribution in [0.15, 0.2) is 63.0 Å². The van der Waals surface area contributed by atoms with E-state index in [0.717, 1.165) is 20.5 Å². The lowest BCUT2D eigenvalue weighted by atomic mass is 10.1. The highest BCUT2D eigenvalue weighted by molar-refractivity contribution is 9.10. The maximum atomic E-state index is 13.3. The first-order valence-corrected chi connectivity index (χ1v) is 12.9. The molecule has 4 amide bonds. The number of barbiturate groups is 1. The van der Waals surface area contributed by atoms with Crippen LogP contribution in [-0.2, 0) is 16.2 Å². The lowest BCUT2D eigenvalue weighted by Gasteiger charge is -2.26. The fraction of sp³-hybridized carbons (Fsp3) is 0.148. The summed E-state index contributed by atoms with van der Waals surface area (Å²) in [5, 5.41) is 2.23. The summed E-state index contributed by atoms with van der Waals surface area (Å²) in [6, 6.07) is 13.1. The van der Waals surface area contributed by atoms with Crippen LogP contribution < -0.4 is 29.2 Å². The molecule has 1 saturated heterocycles. The number of halogens is 2. The van der Waals surface area contributed by atoms with Gasteiger partial charge in [-0.1, -0.05) is 22.0 Å². The van der Waals surface area contributed by atoms with Gasteiger partial charge in [0, 0.05) is 4.47 Å². The van der Waals surface area contributed by atoms with E-state index in [1.54, 1.807) is 30.3 Å². The average Bonchev–Trinajstić information content (AvgIpc) is 3.35. The van der Waals surface area contributed by atoms with E-state index in [9.17, 15) is 14.4 Å². The van der Waals surface area contributed by atoms with Crippen molar-refractivity contribution >= 4 is 61.5 Å². The fourth-order valence-corrected chi connectivity index (χ4v) is 4.80. The molecule has 0 aliphatic carbocycles. The number of amides is 4. The van der Waals surface area contributed by atoms with Crippen molar-refractivity contribution in [3.8, 4) is 23.0 Å². The number of nitrogens with zero attached hydrogens (tertiary/aromatic N) is 1.